The molecule has 1 aliphatic heterocycles. The minimum absolute atomic E-state index is 0.443. The van der Waals surface area contributed by atoms with Crippen LogP contribution >= 0.6 is 0 Å². The van der Waals surface area contributed by atoms with Crippen LogP contribution in [-0.2, 0) is 4.74 Å². The van der Waals surface area contributed by atoms with Gasteiger partial charge in [0.1, 0.15) is 0 Å². The number of β-amino-alcohol motifs (C(OH)–C–C–N with tert-alkyl or cyclic N) is 1. The van der Waals surface area contributed by atoms with Crippen molar-refractivity contribution in [1.29, 1.82) is 0 Å². The molecule has 1 rings (SSSR count). The lowest BCUT2D eigenvalue weighted by atomic mass is 10.0. The maximum Gasteiger partial charge on any atom is 0.0718 e. The first kappa shape index (κ1) is 12.0. The molecule has 1 heterocycles. The van der Waals surface area contributed by atoms with Gasteiger partial charge in [0.05, 0.1) is 11.7 Å². The van der Waals surface area contributed by atoms with Crippen molar-refractivity contribution in [2.45, 2.75) is 45.3 Å². The van der Waals surface area contributed by atoms with Gasteiger partial charge in [-0.15, -0.1) is 0 Å². The molecule has 0 unspecified atom stereocenters. The van der Waals surface area contributed by atoms with E-state index >= 15 is 0 Å². The molecule has 14 heavy (non-hydrogen) atoms. The van der Waals surface area contributed by atoms with Crippen molar-refractivity contribution >= 4 is 0 Å². The molecule has 1 saturated heterocycles. The molecule has 0 amide bonds. The Morgan fingerprint density at radius 2 is 1.93 bits per heavy atom. The van der Waals surface area contributed by atoms with E-state index in [9.17, 15) is 5.11 Å². The highest BCUT2D eigenvalue weighted by Gasteiger charge is 2.23. The molecular formula is C11H23NO2. The van der Waals surface area contributed by atoms with Crippen molar-refractivity contribution in [2.75, 3.05) is 26.2 Å². The van der Waals surface area contributed by atoms with Crippen LogP contribution in [0.15, 0.2) is 0 Å². The van der Waals surface area contributed by atoms with Crippen LogP contribution < -0.4 is 0 Å². The predicted molar refractivity (Wildman–Crippen MR) is 57.4 cm³/mol. The van der Waals surface area contributed by atoms with Crippen LogP contribution in [0.25, 0.3) is 0 Å². The van der Waals surface area contributed by atoms with Crippen LogP contribution in [0.1, 0.15) is 33.6 Å². The fourth-order valence-electron chi connectivity index (χ4n) is 2.02. The second-order valence-electron chi connectivity index (χ2n) is 4.74. The monoisotopic (exact) mass is 201 g/mol. The van der Waals surface area contributed by atoms with Gasteiger partial charge in [0.25, 0.3) is 0 Å². The number of aliphatic hydroxyl groups is 1. The van der Waals surface area contributed by atoms with Crippen molar-refractivity contribution < 1.29 is 9.84 Å². The average molecular weight is 201 g/mol. The van der Waals surface area contributed by atoms with Gasteiger partial charge < -0.3 is 14.7 Å². The van der Waals surface area contributed by atoms with E-state index in [2.05, 4.69) is 4.90 Å². The van der Waals surface area contributed by atoms with Gasteiger partial charge in [-0.3, -0.25) is 0 Å². The van der Waals surface area contributed by atoms with Crippen molar-refractivity contribution in [1.82, 2.24) is 4.90 Å². The van der Waals surface area contributed by atoms with Crippen LogP contribution in [0.4, 0.5) is 0 Å². The zero-order valence-electron chi connectivity index (χ0n) is 9.62. The van der Waals surface area contributed by atoms with Crippen LogP contribution in [0.3, 0.4) is 0 Å². The molecule has 3 heteroatoms. The molecule has 0 bridgehead atoms. The Kier molecular flexibility index (Phi) is 4.35. The molecule has 0 radical (unpaired) electrons. The highest BCUT2D eigenvalue weighted by molar-refractivity contribution is 4.78. The van der Waals surface area contributed by atoms with Gasteiger partial charge in [-0.05, 0) is 33.6 Å². The second kappa shape index (κ2) is 5.10. The standard InChI is InChI=1S/C11H23NO2/c1-4-14-10-5-7-12(8-6-10)9-11(2,3)13/h10,13H,4-9H2,1-3H3. The van der Waals surface area contributed by atoms with Crippen LogP contribution in [-0.4, -0.2) is 48.0 Å². The largest absolute Gasteiger partial charge is 0.389 e. The summed E-state index contributed by atoms with van der Waals surface area (Å²) >= 11 is 0. The molecule has 1 fully saturated rings. The molecule has 3 nitrogen and oxygen atoms in total. The van der Waals surface area contributed by atoms with Crippen molar-refractivity contribution in [3.8, 4) is 0 Å². The van der Waals surface area contributed by atoms with E-state index in [-0.39, 0.29) is 0 Å². The summed E-state index contributed by atoms with van der Waals surface area (Å²) < 4.78 is 5.57. The van der Waals surface area contributed by atoms with Gasteiger partial charge in [-0.25, -0.2) is 0 Å². The van der Waals surface area contributed by atoms with Crippen LogP contribution in [0.5, 0.6) is 0 Å². The number of hydrogen-bond donors (Lipinski definition) is 1. The summed E-state index contributed by atoms with van der Waals surface area (Å²) in [7, 11) is 0. The second-order valence-corrected chi connectivity index (χ2v) is 4.74. The van der Waals surface area contributed by atoms with Gasteiger partial charge in [-0.1, -0.05) is 0 Å². The number of rotatable bonds is 4. The minimum Gasteiger partial charge on any atom is -0.389 e. The fourth-order valence-corrected chi connectivity index (χ4v) is 2.02. The van der Waals surface area contributed by atoms with E-state index in [1.165, 1.54) is 0 Å². The molecule has 0 aromatic rings. The maximum absolute atomic E-state index is 9.67. The van der Waals surface area contributed by atoms with Crippen molar-refractivity contribution in [3.63, 3.8) is 0 Å². The van der Waals surface area contributed by atoms with Crippen molar-refractivity contribution in [2.24, 2.45) is 0 Å². The van der Waals surface area contributed by atoms with Gasteiger partial charge in [0.2, 0.25) is 0 Å². The molecule has 0 aromatic carbocycles. The Hall–Kier alpha value is -0.120. The Bertz CT molecular complexity index is 157. The first-order valence-corrected chi connectivity index (χ1v) is 5.57. The molecule has 0 saturated carbocycles. The lowest BCUT2D eigenvalue weighted by Crippen LogP contribution is -2.44. The average Bonchev–Trinajstić information content (AvgIpc) is 2.06. The van der Waals surface area contributed by atoms with E-state index in [1.54, 1.807) is 0 Å². The third-order valence-corrected chi connectivity index (χ3v) is 2.55. The molecule has 0 aliphatic carbocycles. The summed E-state index contributed by atoms with van der Waals surface area (Å²) in [5.41, 5.74) is -0.571. The highest BCUT2D eigenvalue weighted by atomic mass is 16.5. The zero-order chi connectivity index (χ0) is 10.6. The third kappa shape index (κ3) is 4.40. The first-order chi connectivity index (χ1) is 6.51. The highest BCUT2D eigenvalue weighted by Crippen LogP contribution is 2.15. The Balaban J connectivity index is 2.22. The number of likely N-dealkylation sites (tertiary alicyclic amines) is 1. The summed E-state index contributed by atoms with van der Waals surface area (Å²) in [5, 5.41) is 9.67. The molecule has 0 aromatic heterocycles. The molecule has 0 spiro atoms. The van der Waals surface area contributed by atoms with Crippen molar-refractivity contribution in [3.05, 3.63) is 0 Å². The molecule has 1 aliphatic rings. The van der Waals surface area contributed by atoms with Gasteiger partial charge in [-0.2, -0.15) is 0 Å². The molecule has 0 atom stereocenters. The van der Waals surface area contributed by atoms with Gasteiger partial charge >= 0.3 is 0 Å². The molecule has 84 valence electrons. The summed E-state index contributed by atoms with van der Waals surface area (Å²) in [6.07, 6.45) is 2.64. The first-order valence-electron chi connectivity index (χ1n) is 5.57. The Morgan fingerprint density at radius 3 is 2.36 bits per heavy atom. The van der Waals surface area contributed by atoms with E-state index in [0.29, 0.717) is 6.10 Å². The number of hydrogen-bond acceptors (Lipinski definition) is 3. The number of piperidine rings is 1. The number of nitrogens with zero attached hydrogens (tertiary/aromatic N) is 1. The smallest absolute Gasteiger partial charge is 0.0718 e. The molecule has 1 N–H and O–H groups in total. The van der Waals surface area contributed by atoms with E-state index in [0.717, 1.165) is 39.1 Å². The van der Waals surface area contributed by atoms with Gasteiger partial charge in [0.15, 0.2) is 0 Å². The topological polar surface area (TPSA) is 32.7 Å². The summed E-state index contributed by atoms with van der Waals surface area (Å²) in [5.74, 6) is 0. The lowest BCUT2D eigenvalue weighted by molar-refractivity contribution is -0.0146. The van der Waals surface area contributed by atoms with E-state index < -0.39 is 5.60 Å². The summed E-state index contributed by atoms with van der Waals surface area (Å²) in [4.78, 5) is 2.32. The fraction of sp³-hybridized carbons (Fsp3) is 1.00. The normalized spacial score (nSPS) is 21.4. The predicted octanol–water partition coefficient (Wildman–Crippen LogP) is 1.26. The quantitative estimate of drug-likeness (QED) is 0.743. The summed E-state index contributed by atoms with van der Waals surface area (Å²) in [6.45, 7) is 9.46. The zero-order valence-corrected chi connectivity index (χ0v) is 9.62. The SMILES string of the molecule is CCOC1CCN(CC(C)(C)O)CC1. The van der Waals surface area contributed by atoms with Crippen LogP contribution in [0, 0.1) is 0 Å². The minimum atomic E-state index is -0.571. The van der Waals surface area contributed by atoms with Crippen LogP contribution in [0.2, 0.25) is 0 Å². The third-order valence-electron chi connectivity index (χ3n) is 2.55. The number of ether oxygens (including phenoxy) is 1. The Labute approximate surface area is 87.1 Å². The maximum atomic E-state index is 9.67. The Morgan fingerprint density at radius 1 is 1.36 bits per heavy atom. The van der Waals surface area contributed by atoms with E-state index in [1.807, 2.05) is 20.8 Å². The van der Waals surface area contributed by atoms with E-state index in [4.69, 9.17) is 4.74 Å². The van der Waals surface area contributed by atoms with Gasteiger partial charge in [0, 0.05) is 26.2 Å². The molecular weight excluding hydrogens is 178 g/mol. The lowest BCUT2D eigenvalue weighted by Gasteiger charge is -2.35. The summed E-state index contributed by atoms with van der Waals surface area (Å²) in [6, 6.07) is 0.